The van der Waals surface area contributed by atoms with E-state index in [-0.39, 0.29) is 17.6 Å². The number of halogens is 1. The Bertz CT molecular complexity index is 708. The van der Waals surface area contributed by atoms with Crippen molar-refractivity contribution in [3.05, 3.63) is 42.0 Å². The number of rotatable bonds is 6. The minimum atomic E-state index is -0.305. The van der Waals surface area contributed by atoms with E-state index in [0.717, 1.165) is 44.6 Å². The second-order valence-corrected chi connectivity index (χ2v) is 6.50. The van der Waals surface area contributed by atoms with E-state index in [2.05, 4.69) is 22.1 Å². The summed E-state index contributed by atoms with van der Waals surface area (Å²) in [5, 5.41) is 2.98. The maximum atomic E-state index is 13.3. The Hall–Kier alpha value is -2.21. The van der Waals surface area contributed by atoms with E-state index in [9.17, 15) is 9.18 Å². The molecule has 1 amide bonds. The van der Waals surface area contributed by atoms with E-state index < -0.39 is 0 Å². The van der Waals surface area contributed by atoms with Gasteiger partial charge >= 0.3 is 0 Å². The topological polar surface area (TPSA) is 58.4 Å². The Kier molecular flexibility index (Phi) is 5.81. The summed E-state index contributed by atoms with van der Waals surface area (Å²) in [6.07, 6.45) is 4.32. The van der Waals surface area contributed by atoms with Crippen LogP contribution in [0.3, 0.4) is 0 Å². The first-order valence-corrected chi connectivity index (χ1v) is 8.86. The zero-order valence-corrected chi connectivity index (χ0v) is 14.5. The number of benzene rings is 1. The molecule has 2 aromatic rings. The van der Waals surface area contributed by atoms with Gasteiger partial charge in [-0.2, -0.15) is 0 Å². The Morgan fingerprint density at radius 1 is 1.40 bits per heavy atom. The van der Waals surface area contributed by atoms with Crippen LogP contribution in [0.1, 0.15) is 31.9 Å². The molecular weight excluding hydrogens is 321 g/mol. The molecule has 2 heterocycles. The van der Waals surface area contributed by atoms with Crippen LogP contribution in [0, 0.1) is 11.7 Å². The van der Waals surface area contributed by atoms with Gasteiger partial charge in [-0.05, 0) is 50.6 Å². The molecular formula is C19H24FN3O2. The second-order valence-electron chi connectivity index (χ2n) is 6.50. The lowest BCUT2D eigenvalue weighted by Crippen LogP contribution is -2.40. The summed E-state index contributed by atoms with van der Waals surface area (Å²) < 4.78 is 18.8. The molecule has 0 saturated carbocycles. The quantitative estimate of drug-likeness (QED) is 0.873. The third-order valence-electron chi connectivity index (χ3n) is 4.52. The van der Waals surface area contributed by atoms with Gasteiger partial charge in [-0.3, -0.25) is 9.69 Å². The molecule has 1 N–H and O–H groups in total. The predicted octanol–water partition coefficient (Wildman–Crippen LogP) is 3.22. The predicted molar refractivity (Wildman–Crippen MR) is 93.2 cm³/mol. The molecule has 25 heavy (non-hydrogen) atoms. The van der Waals surface area contributed by atoms with Crippen LogP contribution in [0.25, 0.3) is 11.5 Å². The van der Waals surface area contributed by atoms with E-state index in [1.54, 1.807) is 18.4 Å². The summed E-state index contributed by atoms with van der Waals surface area (Å²) in [7, 11) is 0. The highest BCUT2D eigenvalue weighted by molar-refractivity contribution is 5.78. The number of hydrogen-bond donors (Lipinski definition) is 1. The van der Waals surface area contributed by atoms with E-state index >= 15 is 0 Å². The van der Waals surface area contributed by atoms with Gasteiger partial charge in [0.2, 0.25) is 11.8 Å². The first kappa shape index (κ1) is 17.6. The SMILES string of the molecule is CCCNC(=O)C1CCN(Cc2coc(-c3cccc(F)c3)n2)CC1. The molecule has 0 atom stereocenters. The fraction of sp³-hybridized carbons (Fsp3) is 0.474. The van der Waals surface area contributed by atoms with Crippen LogP contribution < -0.4 is 5.32 Å². The van der Waals surface area contributed by atoms with Gasteiger partial charge in [-0.1, -0.05) is 13.0 Å². The molecule has 1 fully saturated rings. The Morgan fingerprint density at radius 3 is 2.92 bits per heavy atom. The molecule has 1 aromatic heterocycles. The summed E-state index contributed by atoms with van der Waals surface area (Å²) in [5.74, 6) is 0.420. The molecule has 0 spiro atoms. The van der Waals surface area contributed by atoms with Gasteiger partial charge < -0.3 is 9.73 Å². The van der Waals surface area contributed by atoms with Crippen molar-refractivity contribution in [2.75, 3.05) is 19.6 Å². The van der Waals surface area contributed by atoms with Crippen LogP contribution in [0.2, 0.25) is 0 Å². The molecule has 3 rings (SSSR count). The minimum absolute atomic E-state index is 0.114. The minimum Gasteiger partial charge on any atom is -0.444 e. The van der Waals surface area contributed by atoms with Gasteiger partial charge in [-0.25, -0.2) is 9.37 Å². The van der Waals surface area contributed by atoms with Crippen molar-refractivity contribution in [1.82, 2.24) is 15.2 Å². The largest absolute Gasteiger partial charge is 0.444 e. The van der Waals surface area contributed by atoms with Gasteiger partial charge in [0.25, 0.3) is 0 Å². The van der Waals surface area contributed by atoms with Crippen LogP contribution in [0.15, 0.2) is 34.9 Å². The normalized spacial score (nSPS) is 16.1. The first-order chi connectivity index (χ1) is 12.2. The van der Waals surface area contributed by atoms with Crippen molar-refractivity contribution in [3.8, 4) is 11.5 Å². The highest BCUT2D eigenvalue weighted by Crippen LogP contribution is 2.22. The molecule has 1 saturated heterocycles. The summed E-state index contributed by atoms with van der Waals surface area (Å²) in [5.41, 5.74) is 1.46. The Labute approximate surface area is 147 Å². The summed E-state index contributed by atoms with van der Waals surface area (Å²) in [4.78, 5) is 18.8. The van der Waals surface area contributed by atoms with E-state index in [1.165, 1.54) is 12.1 Å². The van der Waals surface area contributed by atoms with E-state index in [1.807, 2.05) is 0 Å². The van der Waals surface area contributed by atoms with Gasteiger partial charge in [0.15, 0.2) is 0 Å². The third kappa shape index (κ3) is 4.66. The number of oxazole rings is 1. The second kappa shape index (κ2) is 8.25. The molecule has 0 radical (unpaired) electrons. The van der Waals surface area contributed by atoms with E-state index in [4.69, 9.17) is 4.42 Å². The van der Waals surface area contributed by atoms with Gasteiger partial charge in [0.05, 0.1) is 5.69 Å². The number of carbonyl (C=O) groups excluding carboxylic acids is 1. The molecule has 6 heteroatoms. The highest BCUT2D eigenvalue weighted by atomic mass is 19.1. The zero-order chi connectivity index (χ0) is 17.6. The molecule has 1 aromatic carbocycles. The number of hydrogen-bond acceptors (Lipinski definition) is 4. The van der Waals surface area contributed by atoms with E-state index in [0.29, 0.717) is 18.0 Å². The summed E-state index contributed by atoms with van der Waals surface area (Å²) >= 11 is 0. The maximum Gasteiger partial charge on any atom is 0.226 e. The molecule has 0 aliphatic carbocycles. The van der Waals surface area contributed by atoms with Crippen molar-refractivity contribution >= 4 is 5.91 Å². The number of aromatic nitrogens is 1. The Balaban J connectivity index is 1.52. The fourth-order valence-corrected chi connectivity index (χ4v) is 3.11. The number of carbonyl (C=O) groups is 1. The standard InChI is InChI=1S/C19H24FN3O2/c1-2-8-21-18(24)14-6-9-23(10-7-14)12-17-13-25-19(22-17)15-4-3-5-16(20)11-15/h3-5,11,13-14H,2,6-10,12H2,1H3,(H,21,24). The van der Waals surface area contributed by atoms with Crippen molar-refractivity contribution in [1.29, 1.82) is 0 Å². The number of nitrogens with one attached hydrogen (secondary N) is 1. The molecule has 1 aliphatic heterocycles. The lowest BCUT2D eigenvalue weighted by atomic mass is 9.96. The molecule has 1 aliphatic rings. The van der Waals surface area contributed by atoms with Crippen molar-refractivity contribution in [2.24, 2.45) is 5.92 Å². The summed E-state index contributed by atoms with van der Waals surface area (Å²) in [6, 6.07) is 6.23. The monoisotopic (exact) mass is 345 g/mol. The Morgan fingerprint density at radius 2 is 2.20 bits per heavy atom. The first-order valence-electron chi connectivity index (χ1n) is 8.86. The number of amides is 1. The van der Waals surface area contributed by atoms with Crippen LogP contribution in [0.5, 0.6) is 0 Å². The number of piperidine rings is 1. The average Bonchev–Trinajstić information content (AvgIpc) is 3.09. The maximum absolute atomic E-state index is 13.3. The highest BCUT2D eigenvalue weighted by Gasteiger charge is 2.25. The lowest BCUT2D eigenvalue weighted by molar-refractivity contribution is -0.126. The fourth-order valence-electron chi connectivity index (χ4n) is 3.11. The smallest absolute Gasteiger partial charge is 0.226 e. The van der Waals surface area contributed by atoms with Crippen LogP contribution in [0.4, 0.5) is 4.39 Å². The molecule has 134 valence electrons. The molecule has 0 bridgehead atoms. The van der Waals surface area contributed by atoms with Gasteiger partial charge in [0, 0.05) is 24.6 Å². The molecule has 0 unspecified atom stereocenters. The van der Waals surface area contributed by atoms with Crippen LogP contribution >= 0.6 is 0 Å². The van der Waals surface area contributed by atoms with Crippen molar-refractivity contribution < 1.29 is 13.6 Å². The zero-order valence-electron chi connectivity index (χ0n) is 14.5. The summed E-state index contributed by atoms with van der Waals surface area (Å²) in [6.45, 7) is 5.22. The third-order valence-corrected chi connectivity index (χ3v) is 4.52. The van der Waals surface area contributed by atoms with Gasteiger partial charge in [-0.15, -0.1) is 0 Å². The lowest BCUT2D eigenvalue weighted by Gasteiger charge is -2.30. The average molecular weight is 345 g/mol. The van der Waals surface area contributed by atoms with Crippen molar-refractivity contribution in [2.45, 2.75) is 32.7 Å². The van der Waals surface area contributed by atoms with Crippen LogP contribution in [-0.4, -0.2) is 35.4 Å². The van der Waals surface area contributed by atoms with Gasteiger partial charge in [0.1, 0.15) is 12.1 Å². The van der Waals surface area contributed by atoms with Crippen LogP contribution in [-0.2, 0) is 11.3 Å². The molecule has 5 nitrogen and oxygen atoms in total. The van der Waals surface area contributed by atoms with Crippen molar-refractivity contribution in [3.63, 3.8) is 0 Å². The number of likely N-dealkylation sites (tertiary alicyclic amines) is 1. The number of nitrogens with zero attached hydrogens (tertiary/aromatic N) is 2.